The highest BCUT2D eigenvalue weighted by Crippen LogP contribution is 2.34. The zero-order valence-corrected chi connectivity index (χ0v) is 10.7. The fourth-order valence-corrected chi connectivity index (χ4v) is 2.16. The van der Waals surface area contributed by atoms with Crippen LogP contribution in [0.4, 0.5) is 5.69 Å². The quantitative estimate of drug-likeness (QED) is 0.728. The van der Waals surface area contributed by atoms with Crippen molar-refractivity contribution in [3.05, 3.63) is 22.2 Å². The summed E-state index contributed by atoms with van der Waals surface area (Å²) in [6.07, 6.45) is 0.805. The molecule has 1 aliphatic rings. The van der Waals surface area contributed by atoms with Crippen LogP contribution in [0.1, 0.15) is 12.8 Å². The first-order valence-corrected chi connectivity index (χ1v) is 6.01. The molecular formula is C11H10Cl2N2O3. The molecule has 3 N–H and O–H groups in total. The third-order valence-electron chi connectivity index (χ3n) is 2.60. The topological polar surface area (TPSA) is 78.4 Å². The summed E-state index contributed by atoms with van der Waals surface area (Å²) in [4.78, 5) is 22.8. The zero-order valence-electron chi connectivity index (χ0n) is 9.17. The molecule has 1 aromatic rings. The second kappa shape index (κ2) is 5.04. The number of aromatic hydroxyl groups is 1. The fourth-order valence-electron chi connectivity index (χ4n) is 1.68. The molecule has 0 radical (unpaired) electrons. The Labute approximate surface area is 113 Å². The molecule has 1 saturated heterocycles. The van der Waals surface area contributed by atoms with Gasteiger partial charge in [0.25, 0.3) is 0 Å². The minimum Gasteiger partial charge on any atom is -0.505 e. The van der Waals surface area contributed by atoms with Crippen LogP contribution in [-0.4, -0.2) is 23.0 Å². The summed E-state index contributed by atoms with van der Waals surface area (Å²) >= 11 is 11.5. The number of halogens is 2. The van der Waals surface area contributed by atoms with Crippen molar-refractivity contribution in [1.82, 2.24) is 5.32 Å². The Morgan fingerprint density at radius 1 is 1.39 bits per heavy atom. The first kappa shape index (κ1) is 13.0. The Bertz CT molecular complexity index is 496. The smallest absolute Gasteiger partial charge is 0.246 e. The predicted molar refractivity (Wildman–Crippen MR) is 67.9 cm³/mol. The Hall–Kier alpha value is -1.46. The maximum atomic E-state index is 11.8. The summed E-state index contributed by atoms with van der Waals surface area (Å²) in [7, 11) is 0. The number of amides is 2. The molecule has 7 heteroatoms. The molecule has 1 heterocycles. The molecule has 0 aliphatic carbocycles. The van der Waals surface area contributed by atoms with Crippen molar-refractivity contribution in [1.29, 1.82) is 0 Å². The molecule has 2 amide bonds. The van der Waals surface area contributed by atoms with Gasteiger partial charge in [-0.2, -0.15) is 0 Å². The average Bonchev–Trinajstić information content (AvgIpc) is 2.72. The molecule has 18 heavy (non-hydrogen) atoms. The van der Waals surface area contributed by atoms with E-state index in [0.29, 0.717) is 18.5 Å². The Morgan fingerprint density at radius 2 is 2.00 bits per heavy atom. The van der Waals surface area contributed by atoms with Crippen LogP contribution < -0.4 is 10.6 Å². The van der Waals surface area contributed by atoms with Gasteiger partial charge in [0.15, 0.2) is 5.75 Å². The molecule has 0 saturated carbocycles. The van der Waals surface area contributed by atoms with Crippen molar-refractivity contribution in [2.75, 3.05) is 5.32 Å². The number of carbonyl (C=O) groups is 2. The van der Waals surface area contributed by atoms with E-state index < -0.39 is 6.04 Å². The van der Waals surface area contributed by atoms with E-state index in [-0.39, 0.29) is 27.6 Å². The van der Waals surface area contributed by atoms with Crippen LogP contribution in [0.15, 0.2) is 12.1 Å². The van der Waals surface area contributed by atoms with Gasteiger partial charge in [0, 0.05) is 12.1 Å². The van der Waals surface area contributed by atoms with Crippen molar-refractivity contribution in [2.45, 2.75) is 18.9 Å². The second-order valence-corrected chi connectivity index (χ2v) is 4.75. The highest BCUT2D eigenvalue weighted by atomic mass is 35.5. The monoisotopic (exact) mass is 288 g/mol. The SMILES string of the molecule is O=C1CC[C@H](C(=O)Nc2cc(Cl)c(O)c(Cl)c2)N1. The number of hydrogen-bond acceptors (Lipinski definition) is 3. The molecule has 1 fully saturated rings. The standard InChI is InChI=1S/C11H10Cl2N2O3/c12-6-3-5(4-7(13)10(6)17)14-11(18)8-1-2-9(16)15-8/h3-4,8,17H,1-2H2,(H,14,18)(H,15,16)/t8-/m1/s1. The normalized spacial score (nSPS) is 18.6. The molecule has 0 aromatic heterocycles. The van der Waals surface area contributed by atoms with E-state index in [0.717, 1.165) is 0 Å². The number of benzene rings is 1. The summed E-state index contributed by atoms with van der Waals surface area (Å²) in [5.41, 5.74) is 0.369. The largest absolute Gasteiger partial charge is 0.505 e. The summed E-state index contributed by atoms with van der Waals surface area (Å²) in [5.74, 6) is -0.707. The highest BCUT2D eigenvalue weighted by Gasteiger charge is 2.27. The summed E-state index contributed by atoms with van der Waals surface area (Å²) < 4.78 is 0. The van der Waals surface area contributed by atoms with Gasteiger partial charge in [-0.25, -0.2) is 0 Å². The van der Waals surface area contributed by atoms with E-state index >= 15 is 0 Å². The number of rotatable bonds is 2. The van der Waals surface area contributed by atoms with Crippen molar-refractivity contribution in [2.24, 2.45) is 0 Å². The molecule has 2 rings (SSSR count). The highest BCUT2D eigenvalue weighted by molar-refractivity contribution is 6.37. The van der Waals surface area contributed by atoms with Crippen LogP contribution in [0.3, 0.4) is 0 Å². The van der Waals surface area contributed by atoms with Gasteiger partial charge in [-0.15, -0.1) is 0 Å². The lowest BCUT2D eigenvalue weighted by Gasteiger charge is -2.12. The number of nitrogens with one attached hydrogen (secondary N) is 2. The third-order valence-corrected chi connectivity index (χ3v) is 3.17. The van der Waals surface area contributed by atoms with Crippen molar-refractivity contribution < 1.29 is 14.7 Å². The number of anilines is 1. The average molecular weight is 289 g/mol. The maximum Gasteiger partial charge on any atom is 0.246 e. The van der Waals surface area contributed by atoms with Gasteiger partial charge < -0.3 is 15.7 Å². The van der Waals surface area contributed by atoms with E-state index in [2.05, 4.69) is 10.6 Å². The molecule has 0 bridgehead atoms. The van der Waals surface area contributed by atoms with Crippen LogP contribution in [-0.2, 0) is 9.59 Å². The summed E-state index contributed by atoms with van der Waals surface area (Å²) in [6.45, 7) is 0. The zero-order chi connectivity index (χ0) is 13.3. The van der Waals surface area contributed by atoms with Gasteiger partial charge in [-0.1, -0.05) is 23.2 Å². The number of carbonyl (C=O) groups excluding carboxylic acids is 2. The summed E-state index contributed by atoms with van der Waals surface area (Å²) in [6, 6.07) is 2.23. The predicted octanol–water partition coefficient (Wildman–Crippen LogP) is 1.92. The summed E-state index contributed by atoms with van der Waals surface area (Å²) in [5, 5.41) is 14.6. The molecular weight excluding hydrogens is 279 g/mol. The Morgan fingerprint density at radius 3 is 2.50 bits per heavy atom. The van der Waals surface area contributed by atoms with E-state index in [1.165, 1.54) is 12.1 Å². The van der Waals surface area contributed by atoms with Crippen LogP contribution in [0.5, 0.6) is 5.75 Å². The van der Waals surface area contributed by atoms with Crippen molar-refractivity contribution >= 4 is 40.7 Å². The molecule has 1 atom stereocenters. The maximum absolute atomic E-state index is 11.8. The van der Waals surface area contributed by atoms with Crippen LogP contribution >= 0.6 is 23.2 Å². The Balaban J connectivity index is 2.10. The van der Waals surface area contributed by atoms with Crippen molar-refractivity contribution in [3.63, 3.8) is 0 Å². The van der Waals surface area contributed by atoms with Gasteiger partial charge in [-0.3, -0.25) is 9.59 Å². The fraction of sp³-hybridized carbons (Fsp3) is 0.273. The molecule has 0 unspecified atom stereocenters. The number of phenols is 1. The van der Waals surface area contributed by atoms with Crippen LogP contribution in [0.25, 0.3) is 0 Å². The lowest BCUT2D eigenvalue weighted by atomic mass is 10.2. The van der Waals surface area contributed by atoms with Gasteiger partial charge in [0.05, 0.1) is 10.0 Å². The minimum absolute atomic E-state index is 0.0493. The van der Waals surface area contributed by atoms with E-state index in [1.807, 2.05) is 0 Å². The van der Waals surface area contributed by atoms with E-state index in [1.54, 1.807) is 0 Å². The van der Waals surface area contributed by atoms with Crippen molar-refractivity contribution in [3.8, 4) is 5.75 Å². The molecule has 5 nitrogen and oxygen atoms in total. The van der Waals surface area contributed by atoms with E-state index in [4.69, 9.17) is 23.2 Å². The number of hydrogen-bond donors (Lipinski definition) is 3. The molecule has 1 aromatic carbocycles. The van der Waals surface area contributed by atoms with Gasteiger partial charge >= 0.3 is 0 Å². The Kier molecular flexibility index (Phi) is 3.63. The minimum atomic E-state index is -0.538. The van der Waals surface area contributed by atoms with Crippen LogP contribution in [0.2, 0.25) is 10.0 Å². The lowest BCUT2D eigenvalue weighted by Crippen LogP contribution is -2.37. The van der Waals surface area contributed by atoms with E-state index in [9.17, 15) is 14.7 Å². The third kappa shape index (κ3) is 2.68. The first-order chi connectivity index (χ1) is 8.47. The van der Waals surface area contributed by atoms with Gasteiger partial charge in [0.2, 0.25) is 11.8 Å². The van der Waals surface area contributed by atoms with Gasteiger partial charge in [0.1, 0.15) is 6.04 Å². The second-order valence-electron chi connectivity index (χ2n) is 3.94. The lowest BCUT2D eigenvalue weighted by molar-refractivity contribution is -0.122. The molecule has 96 valence electrons. The molecule has 0 spiro atoms. The van der Waals surface area contributed by atoms with Crippen LogP contribution in [0, 0.1) is 0 Å². The molecule has 1 aliphatic heterocycles. The number of phenolic OH excluding ortho intramolecular Hbond substituents is 1. The van der Waals surface area contributed by atoms with Gasteiger partial charge in [-0.05, 0) is 18.6 Å². The first-order valence-electron chi connectivity index (χ1n) is 5.25.